The molecule has 1 saturated carbocycles. The molecule has 25 heavy (non-hydrogen) atoms. The van der Waals surface area contributed by atoms with Gasteiger partial charge in [-0.3, -0.25) is 19.7 Å². The average Bonchev–Trinajstić information content (AvgIpc) is 3.38. The first kappa shape index (κ1) is 18.4. The van der Waals surface area contributed by atoms with E-state index < -0.39 is 28.9 Å². The number of carbonyl (C=O) groups excluding carboxylic acids is 3. The molecule has 1 aliphatic rings. The maximum Gasteiger partial charge on any atom is 0.329 e. The highest BCUT2D eigenvalue weighted by Gasteiger charge is 2.28. The zero-order valence-electron chi connectivity index (χ0n) is 13.9. The Morgan fingerprint density at radius 3 is 2.56 bits per heavy atom. The minimum atomic E-state index is -1.01. The van der Waals surface area contributed by atoms with E-state index in [4.69, 9.17) is 4.74 Å². The maximum absolute atomic E-state index is 12.1. The van der Waals surface area contributed by atoms with E-state index in [-0.39, 0.29) is 23.2 Å². The number of benzene rings is 1. The molecule has 0 unspecified atom stereocenters. The van der Waals surface area contributed by atoms with Crippen molar-refractivity contribution in [2.24, 2.45) is 0 Å². The van der Waals surface area contributed by atoms with Gasteiger partial charge in [-0.2, -0.15) is 0 Å². The molecule has 0 spiro atoms. The van der Waals surface area contributed by atoms with Gasteiger partial charge in [-0.05, 0) is 32.8 Å². The van der Waals surface area contributed by atoms with Crippen molar-refractivity contribution in [3.63, 3.8) is 0 Å². The summed E-state index contributed by atoms with van der Waals surface area (Å²) in [4.78, 5) is 45.9. The number of nitro benzene ring substituents is 1. The quantitative estimate of drug-likeness (QED) is 0.428. The first-order valence-corrected chi connectivity index (χ1v) is 7.84. The number of rotatable bonds is 7. The van der Waals surface area contributed by atoms with E-state index in [2.05, 4.69) is 10.6 Å². The molecule has 1 aromatic rings. The number of hydrogen-bond donors (Lipinski definition) is 2. The molecule has 1 fully saturated rings. The first-order valence-electron chi connectivity index (χ1n) is 7.84. The molecule has 2 atom stereocenters. The number of amides is 2. The van der Waals surface area contributed by atoms with Crippen LogP contribution >= 0.6 is 0 Å². The Kier molecular flexibility index (Phi) is 5.68. The molecular weight excluding hydrogens is 330 g/mol. The second-order valence-corrected chi connectivity index (χ2v) is 5.86. The van der Waals surface area contributed by atoms with Crippen LogP contribution in [0.1, 0.15) is 37.0 Å². The Hall–Kier alpha value is -2.97. The number of nitrogens with zero attached hydrogens (tertiary/aromatic N) is 1. The molecule has 9 heteroatoms. The third-order valence-corrected chi connectivity index (χ3v) is 3.61. The minimum Gasteiger partial charge on any atom is -0.451 e. The van der Waals surface area contributed by atoms with Crippen LogP contribution in [0.2, 0.25) is 0 Å². The smallest absolute Gasteiger partial charge is 0.329 e. The lowest BCUT2D eigenvalue weighted by Crippen LogP contribution is -2.43. The molecule has 0 aliphatic heterocycles. The summed E-state index contributed by atoms with van der Waals surface area (Å²) in [6.45, 7) is 2.85. The van der Waals surface area contributed by atoms with Gasteiger partial charge in [-0.1, -0.05) is 6.07 Å². The number of nitro groups is 1. The fourth-order valence-corrected chi connectivity index (χ4v) is 1.98. The lowest BCUT2D eigenvalue weighted by molar-refractivity contribution is -0.384. The number of hydrogen-bond acceptors (Lipinski definition) is 6. The van der Waals surface area contributed by atoms with Gasteiger partial charge in [0.25, 0.3) is 17.5 Å². The Labute approximate surface area is 143 Å². The monoisotopic (exact) mass is 349 g/mol. The first-order chi connectivity index (χ1) is 11.8. The molecular formula is C16H19N3O6. The maximum atomic E-state index is 12.1. The topological polar surface area (TPSA) is 128 Å². The van der Waals surface area contributed by atoms with Gasteiger partial charge in [0.1, 0.15) is 6.04 Å². The number of ether oxygens (including phenoxy) is 1. The van der Waals surface area contributed by atoms with Crippen LogP contribution < -0.4 is 10.6 Å². The number of non-ortho nitro benzene ring substituents is 1. The molecule has 0 bridgehead atoms. The zero-order valence-corrected chi connectivity index (χ0v) is 13.9. The minimum absolute atomic E-state index is 0.0494. The van der Waals surface area contributed by atoms with E-state index in [9.17, 15) is 24.5 Å². The standard InChI is InChI=1S/C16H19N3O6/c1-9(16(22)25-10(2)14(20)18-12-6-7-12)17-15(21)11-4-3-5-13(8-11)19(23)24/h3-5,8-10,12H,6-7H2,1-2H3,(H,17,21)(H,18,20)/t9-,10+/m0/s1. The molecule has 2 rings (SSSR count). The van der Waals surface area contributed by atoms with E-state index in [0.717, 1.165) is 18.9 Å². The van der Waals surface area contributed by atoms with Crippen molar-refractivity contribution in [2.75, 3.05) is 0 Å². The fourth-order valence-electron chi connectivity index (χ4n) is 1.98. The molecule has 0 aromatic heterocycles. The van der Waals surface area contributed by atoms with E-state index in [1.165, 1.54) is 32.0 Å². The van der Waals surface area contributed by atoms with E-state index in [1.807, 2.05) is 0 Å². The molecule has 9 nitrogen and oxygen atoms in total. The molecule has 0 heterocycles. The van der Waals surface area contributed by atoms with Gasteiger partial charge in [-0.25, -0.2) is 4.79 Å². The average molecular weight is 349 g/mol. The summed E-state index contributed by atoms with van der Waals surface area (Å²) < 4.78 is 5.03. The molecule has 0 radical (unpaired) electrons. The number of nitrogens with one attached hydrogen (secondary N) is 2. The van der Waals surface area contributed by atoms with Gasteiger partial charge in [0.2, 0.25) is 0 Å². The van der Waals surface area contributed by atoms with Crippen molar-refractivity contribution in [2.45, 2.75) is 44.9 Å². The zero-order chi connectivity index (χ0) is 18.6. The second kappa shape index (κ2) is 7.73. The molecule has 1 aromatic carbocycles. The SMILES string of the molecule is C[C@H](NC(=O)c1cccc([N+](=O)[O-])c1)C(=O)O[C@H](C)C(=O)NC1CC1. The van der Waals surface area contributed by atoms with Crippen LogP contribution in [0.15, 0.2) is 24.3 Å². The van der Waals surface area contributed by atoms with Crippen LogP contribution in [0.3, 0.4) is 0 Å². The van der Waals surface area contributed by atoms with Gasteiger partial charge in [0.05, 0.1) is 4.92 Å². The summed E-state index contributed by atoms with van der Waals surface area (Å²) >= 11 is 0. The van der Waals surface area contributed by atoms with Crippen molar-refractivity contribution in [3.8, 4) is 0 Å². The molecule has 134 valence electrons. The van der Waals surface area contributed by atoms with Crippen molar-refractivity contribution in [1.29, 1.82) is 0 Å². The van der Waals surface area contributed by atoms with Crippen LogP contribution in [-0.4, -0.2) is 40.9 Å². The predicted molar refractivity (Wildman–Crippen MR) is 86.7 cm³/mol. The summed E-state index contributed by atoms with van der Waals surface area (Å²) in [6, 6.07) is 4.28. The molecule has 2 amide bonds. The van der Waals surface area contributed by atoms with Crippen molar-refractivity contribution in [3.05, 3.63) is 39.9 Å². The van der Waals surface area contributed by atoms with E-state index in [0.29, 0.717) is 0 Å². The molecule has 1 aliphatic carbocycles. The Bertz CT molecular complexity index is 701. The van der Waals surface area contributed by atoms with Crippen molar-refractivity contribution < 1.29 is 24.0 Å². The summed E-state index contributed by atoms with van der Waals surface area (Å²) in [5.74, 6) is -1.80. The summed E-state index contributed by atoms with van der Waals surface area (Å²) in [5, 5.41) is 15.8. The highest BCUT2D eigenvalue weighted by Crippen LogP contribution is 2.19. The van der Waals surface area contributed by atoms with Gasteiger partial charge in [0.15, 0.2) is 6.10 Å². The normalized spacial score (nSPS) is 15.6. The Balaban J connectivity index is 1.89. The third-order valence-electron chi connectivity index (χ3n) is 3.61. The highest BCUT2D eigenvalue weighted by molar-refractivity contribution is 5.97. The van der Waals surface area contributed by atoms with Gasteiger partial charge in [0, 0.05) is 23.7 Å². The van der Waals surface area contributed by atoms with Crippen LogP contribution in [0.4, 0.5) is 5.69 Å². The third kappa shape index (κ3) is 5.27. The fraction of sp³-hybridized carbons (Fsp3) is 0.438. The lowest BCUT2D eigenvalue weighted by atomic mass is 10.2. The van der Waals surface area contributed by atoms with Gasteiger partial charge >= 0.3 is 5.97 Å². The number of carbonyl (C=O) groups is 3. The number of esters is 1. The van der Waals surface area contributed by atoms with E-state index >= 15 is 0 Å². The Morgan fingerprint density at radius 2 is 1.96 bits per heavy atom. The largest absolute Gasteiger partial charge is 0.451 e. The highest BCUT2D eigenvalue weighted by atomic mass is 16.6. The lowest BCUT2D eigenvalue weighted by Gasteiger charge is -2.17. The molecule has 0 saturated heterocycles. The molecule has 2 N–H and O–H groups in total. The van der Waals surface area contributed by atoms with Crippen LogP contribution in [-0.2, 0) is 14.3 Å². The summed E-state index contributed by atoms with van der Waals surface area (Å²) in [6.07, 6.45) is 0.870. The Morgan fingerprint density at radius 1 is 1.28 bits per heavy atom. The van der Waals surface area contributed by atoms with Crippen molar-refractivity contribution in [1.82, 2.24) is 10.6 Å². The summed E-state index contributed by atoms with van der Waals surface area (Å²) in [7, 11) is 0. The van der Waals surface area contributed by atoms with E-state index in [1.54, 1.807) is 0 Å². The van der Waals surface area contributed by atoms with Crippen molar-refractivity contribution >= 4 is 23.5 Å². The van der Waals surface area contributed by atoms with Gasteiger partial charge < -0.3 is 15.4 Å². The van der Waals surface area contributed by atoms with Crippen LogP contribution in [0.5, 0.6) is 0 Å². The van der Waals surface area contributed by atoms with Gasteiger partial charge in [-0.15, -0.1) is 0 Å². The van der Waals surface area contributed by atoms with Crippen LogP contribution in [0, 0.1) is 10.1 Å². The second-order valence-electron chi connectivity index (χ2n) is 5.86. The summed E-state index contributed by atoms with van der Waals surface area (Å²) in [5.41, 5.74) is -0.179. The van der Waals surface area contributed by atoms with Crippen LogP contribution in [0.25, 0.3) is 0 Å². The predicted octanol–water partition coefficient (Wildman–Crippen LogP) is 0.923.